The average molecular weight is 245 g/mol. The fourth-order valence-electron chi connectivity index (χ4n) is 0.982. The van der Waals surface area contributed by atoms with Crippen molar-refractivity contribution in [3.8, 4) is 5.75 Å². The van der Waals surface area contributed by atoms with Gasteiger partial charge in [0.25, 0.3) is 0 Å². The fourth-order valence-corrected chi connectivity index (χ4v) is 0.982. The summed E-state index contributed by atoms with van der Waals surface area (Å²) in [5, 5.41) is 0. The maximum absolute atomic E-state index is 12.3. The Hall–Kier alpha value is -1.60. The second kappa shape index (κ2) is 3.76. The molecular formula is C8H5F6NO. The molecule has 0 saturated carbocycles. The average Bonchev–Trinajstić information content (AvgIpc) is 1.97. The van der Waals surface area contributed by atoms with Gasteiger partial charge in [-0.25, -0.2) is 0 Å². The van der Waals surface area contributed by atoms with Crippen molar-refractivity contribution in [2.24, 2.45) is 0 Å². The Kier molecular flexibility index (Phi) is 2.93. The number of nitrogens with two attached hydrogens (primary N) is 1. The molecule has 0 aromatic heterocycles. The molecular weight excluding hydrogens is 240 g/mol. The van der Waals surface area contributed by atoms with Gasteiger partial charge in [0.1, 0.15) is 5.75 Å². The molecule has 1 aromatic rings. The van der Waals surface area contributed by atoms with Gasteiger partial charge < -0.3 is 10.5 Å². The lowest BCUT2D eigenvalue weighted by Crippen LogP contribution is -2.20. The van der Waals surface area contributed by atoms with Gasteiger partial charge in [0.15, 0.2) is 0 Å². The molecule has 90 valence electrons. The van der Waals surface area contributed by atoms with Gasteiger partial charge in [-0.1, -0.05) is 0 Å². The van der Waals surface area contributed by atoms with Gasteiger partial charge in [-0.15, -0.1) is 13.2 Å². The largest absolute Gasteiger partial charge is 0.573 e. The lowest BCUT2D eigenvalue weighted by Gasteiger charge is -2.15. The third-order valence-electron chi connectivity index (χ3n) is 1.54. The van der Waals surface area contributed by atoms with E-state index in [0.717, 1.165) is 6.07 Å². The van der Waals surface area contributed by atoms with Crippen LogP contribution in [0.5, 0.6) is 5.75 Å². The first-order valence-electron chi connectivity index (χ1n) is 3.82. The molecule has 0 radical (unpaired) electrons. The van der Waals surface area contributed by atoms with Gasteiger partial charge >= 0.3 is 12.5 Å². The highest BCUT2D eigenvalue weighted by Crippen LogP contribution is 2.39. The molecule has 0 aliphatic heterocycles. The zero-order valence-corrected chi connectivity index (χ0v) is 7.49. The van der Waals surface area contributed by atoms with E-state index in [1.54, 1.807) is 0 Å². The van der Waals surface area contributed by atoms with E-state index in [-0.39, 0.29) is 5.69 Å². The van der Waals surface area contributed by atoms with Crippen LogP contribution in [0.25, 0.3) is 0 Å². The molecule has 2 N–H and O–H groups in total. The summed E-state index contributed by atoms with van der Waals surface area (Å²) < 4.78 is 75.5. The SMILES string of the molecule is Nc1ccc(C(F)(F)F)c(OC(F)(F)F)c1. The van der Waals surface area contributed by atoms with Crippen molar-refractivity contribution in [1.29, 1.82) is 0 Å². The van der Waals surface area contributed by atoms with Gasteiger partial charge in [0.05, 0.1) is 5.56 Å². The smallest absolute Gasteiger partial charge is 0.405 e. The van der Waals surface area contributed by atoms with Crippen LogP contribution in [0.3, 0.4) is 0 Å². The number of hydrogen-bond acceptors (Lipinski definition) is 2. The van der Waals surface area contributed by atoms with E-state index in [0.29, 0.717) is 12.1 Å². The lowest BCUT2D eigenvalue weighted by atomic mass is 10.2. The van der Waals surface area contributed by atoms with Crippen molar-refractivity contribution in [1.82, 2.24) is 0 Å². The Morgan fingerprint density at radius 3 is 2.00 bits per heavy atom. The van der Waals surface area contributed by atoms with Gasteiger partial charge in [-0.05, 0) is 12.1 Å². The minimum absolute atomic E-state index is 0.257. The van der Waals surface area contributed by atoms with Crippen molar-refractivity contribution < 1.29 is 31.1 Å². The molecule has 8 heteroatoms. The Labute approximate surface area is 85.6 Å². The summed E-state index contributed by atoms with van der Waals surface area (Å²) in [5.41, 5.74) is 3.29. The second-order valence-corrected chi connectivity index (χ2v) is 2.80. The normalized spacial score (nSPS) is 12.6. The predicted molar refractivity (Wildman–Crippen MR) is 42.5 cm³/mol. The molecule has 0 unspecified atom stereocenters. The third kappa shape index (κ3) is 3.21. The van der Waals surface area contributed by atoms with E-state index in [9.17, 15) is 26.3 Å². The maximum Gasteiger partial charge on any atom is 0.573 e. The van der Waals surface area contributed by atoms with Gasteiger partial charge in [0.2, 0.25) is 0 Å². The van der Waals surface area contributed by atoms with E-state index >= 15 is 0 Å². The van der Waals surface area contributed by atoms with E-state index in [4.69, 9.17) is 5.73 Å². The summed E-state index contributed by atoms with van der Waals surface area (Å²) in [6.45, 7) is 0. The third-order valence-corrected chi connectivity index (χ3v) is 1.54. The number of anilines is 1. The van der Waals surface area contributed by atoms with Crippen LogP contribution in [0, 0.1) is 0 Å². The number of benzene rings is 1. The number of rotatable bonds is 1. The second-order valence-electron chi connectivity index (χ2n) is 2.80. The zero-order valence-electron chi connectivity index (χ0n) is 7.49. The Balaban J connectivity index is 3.19. The van der Waals surface area contributed by atoms with Crippen LogP contribution in [0.15, 0.2) is 18.2 Å². The molecule has 0 amide bonds. The van der Waals surface area contributed by atoms with Crippen LogP contribution in [0.4, 0.5) is 32.0 Å². The molecule has 0 bridgehead atoms. The van der Waals surface area contributed by atoms with Crippen molar-refractivity contribution in [3.63, 3.8) is 0 Å². The van der Waals surface area contributed by atoms with Gasteiger partial charge in [0, 0.05) is 11.8 Å². The van der Waals surface area contributed by atoms with Crippen LogP contribution < -0.4 is 10.5 Å². The molecule has 0 aliphatic carbocycles. The van der Waals surface area contributed by atoms with Crippen LogP contribution in [0.1, 0.15) is 5.56 Å². The number of alkyl halides is 6. The van der Waals surface area contributed by atoms with Gasteiger partial charge in [-0.2, -0.15) is 13.2 Å². The first-order chi connectivity index (χ1) is 7.09. The van der Waals surface area contributed by atoms with E-state index < -0.39 is 23.9 Å². The number of ether oxygens (including phenoxy) is 1. The van der Waals surface area contributed by atoms with Crippen molar-refractivity contribution in [2.45, 2.75) is 12.5 Å². The molecule has 16 heavy (non-hydrogen) atoms. The van der Waals surface area contributed by atoms with Crippen LogP contribution >= 0.6 is 0 Å². The summed E-state index contributed by atoms with van der Waals surface area (Å²) in [4.78, 5) is 0. The van der Waals surface area contributed by atoms with Crippen LogP contribution in [0.2, 0.25) is 0 Å². The number of hydrogen-bond donors (Lipinski definition) is 1. The fraction of sp³-hybridized carbons (Fsp3) is 0.250. The molecule has 0 aliphatic rings. The Morgan fingerprint density at radius 2 is 1.56 bits per heavy atom. The first-order valence-corrected chi connectivity index (χ1v) is 3.82. The van der Waals surface area contributed by atoms with Crippen molar-refractivity contribution in [2.75, 3.05) is 5.73 Å². The molecule has 0 heterocycles. The quantitative estimate of drug-likeness (QED) is 0.609. The predicted octanol–water partition coefficient (Wildman–Crippen LogP) is 3.19. The van der Waals surface area contributed by atoms with E-state index in [1.807, 2.05) is 0 Å². The van der Waals surface area contributed by atoms with Gasteiger partial charge in [-0.3, -0.25) is 0 Å². The van der Waals surface area contributed by atoms with Crippen molar-refractivity contribution in [3.05, 3.63) is 23.8 Å². The molecule has 0 spiro atoms. The highest BCUT2D eigenvalue weighted by Gasteiger charge is 2.39. The standard InChI is InChI=1S/C8H5F6NO/c9-7(10,11)5-2-1-4(15)3-6(5)16-8(12,13)14/h1-3H,15H2. The Bertz CT molecular complexity index is 383. The monoisotopic (exact) mass is 245 g/mol. The van der Waals surface area contributed by atoms with E-state index in [2.05, 4.69) is 4.74 Å². The zero-order chi connectivity index (χ0) is 12.6. The summed E-state index contributed by atoms with van der Waals surface area (Å²) in [7, 11) is 0. The maximum atomic E-state index is 12.3. The van der Waals surface area contributed by atoms with E-state index in [1.165, 1.54) is 0 Å². The van der Waals surface area contributed by atoms with Crippen LogP contribution in [-0.4, -0.2) is 6.36 Å². The Morgan fingerprint density at radius 1 is 1.00 bits per heavy atom. The summed E-state index contributed by atoms with van der Waals surface area (Å²) in [5.74, 6) is -1.36. The topological polar surface area (TPSA) is 35.2 Å². The molecule has 0 saturated heterocycles. The number of halogens is 6. The van der Waals surface area contributed by atoms with Crippen LogP contribution in [-0.2, 0) is 6.18 Å². The summed E-state index contributed by atoms with van der Waals surface area (Å²) in [6, 6.07) is 1.73. The highest BCUT2D eigenvalue weighted by atomic mass is 19.4. The molecule has 1 rings (SSSR count). The summed E-state index contributed by atoms with van der Waals surface area (Å²) in [6.07, 6.45) is -10.1. The highest BCUT2D eigenvalue weighted by molar-refractivity contribution is 5.49. The lowest BCUT2D eigenvalue weighted by molar-refractivity contribution is -0.276. The molecule has 2 nitrogen and oxygen atoms in total. The molecule has 0 fully saturated rings. The first kappa shape index (κ1) is 12.5. The van der Waals surface area contributed by atoms with Crippen molar-refractivity contribution >= 4 is 5.69 Å². The molecule has 1 aromatic carbocycles. The molecule has 0 atom stereocenters. The summed E-state index contributed by atoms with van der Waals surface area (Å²) >= 11 is 0. The minimum Gasteiger partial charge on any atom is -0.405 e. The minimum atomic E-state index is -5.20. The number of nitrogen functional groups attached to an aromatic ring is 1.